The maximum Gasteiger partial charge on any atom is 0.312 e. The number of ether oxygens (including phenoxy) is 2. The molecule has 42 heavy (non-hydrogen) atoms. The second kappa shape index (κ2) is 13.4. The first-order valence-electron chi connectivity index (χ1n) is 13.4. The van der Waals surface area contributed by atoms with Crippen molar-refractivity contribution in [1.29, 1.82) is 0 Å². The Bertz CT molecular complexity index is 1490. The van der Waals surface area contributed by atoms with E-state index in [2.05, 4.69) is 0 Å². The number of rotatable bonds is 7. The van der Waals surface area contributed by atoms with Gasteiger partial charge in [0.2, 0.25) is 0 Å². The highest BCUT2D eigenvalue weighted by Gasteiger charge is 2.32. The molecule has 0 radical (unpaired) electrons. The molecule has 222 valence electrons. The van der Waals surface area contributed by atoms with Gasteiger partial charge < -0.3 is 24.2 Å². The van der Waals surface area contributed by atoms with Gasteiger partial charge in [-0.25, -0.2) is 4.39 Å². The van der Waals surface area contributed by atoms with Crippen LogP contribution in [0.3, 0.4) is 0 Å². The quantitative estimate of drug-likeness (QED) is 0.322. The predicted octanol–water partition coefficient (Wildman–Crippen LogP) is 5.64. The first kappa shape index (κ1) is 31.1. The fourth-order valence-electron chi connectivity index (χ4n) is 4.51. The maximum absolute atomic E-state index is 13.9. The third-order valence-electron chi connectivity index (χ3n) is 6.96. The Hall–Kier alpha value is -3.82. The Labute approximate surface area is 254 Å². The minimum absolute atomic E-state index is 0.0390. The van der Waals surface area contributed by atoms with Crippen molar-refractivity contribution in [3.05, 3.63) is 87.2 Å². The molecule has 0 spiro atoms. The van der Waals surface area contributed by atoms with Crippen LogP contribution in [0.15, 0.2) is 54.6 Å². The van der Waals surface area contributed by atoms with Crippen LogP contribution >= 0.6 is 23.2 Å². The molecule has 0 aliphatic carbocycles. The van der Waals surface area contributed by atoms with E-state index in [9.17, 15) is 18.8 Å². The fourth-order valence-corrected chi connectivity index (χ4v) is 4.79. The number of carbonyl (C=O) groups is 3. The van der Waals surface area contributed by atoms with Crippen molar-refractivity contribution in [1.82, 2.24) is 14.7 Å². The Morgan fingerprint density at radius 2 is 1.62 bits per heavy atom. The zero-order valence-corrected chi connectivity index (χ0v) is 25.3. The largest absolute Gasteiger partial charge is 0.481 e. The van der Waals surface area contributed by atoms with Crippen molar-refractivity contribution < 1.29 is 28.2 Å². The third-order valence-corrected chi connectivity index (χ3v) is 7.50. The lowest BCUT2D eigenvalue weighted by Gasteiger charge is -2.36. The minimum Gasteiger partial charge on any atom is -0.481 e. The number of hydrogen-bond donors (Lipinski definition) is 0. The van der Waals surface area contributed by atoms with Crippen LogP contribution in [0.4, 0.5) is 4.39 Å². The first-order chi connectivity index (χ1) is 19.9. The number of halogens is 3. The number of piperazine rings is 1. The zero-order valence-electron chi connectivity index (χ0n) is 23.8. The molecule has 1 unspecified atom stereocenters. The molecular weight excluding hydrogens is 584 g/mol. The van der Waals surface area contributed by atoms with Crippen molar-refractivity contribution in [3.8, 4) is 17.2 Å². The summed E-state index contributed by atoms with van der Waals surface area (Å²) in [6.07, 6.45) is -0.694. The zero-order chi connectivity index (χ0) is 30.6. The van der Waals surface area contributed by atoms with Gasteiger partial charge in [0.05, 0.1) is 5.02 Å². The molecule has 1 fully saturated rings. The van der Waals surface area contributed by atoms with E-state index in [0.29, 0.717) is 22.1 Å². The molecular formula is C31H32Cl2FN3O5. The fraction of sp³-hybridized carbons (Fsp3) is 0.323. The van der Waals surface area contributed by atoms with Crippen LogP contribution in [-0.2, 0) is 20.9 Å². The first-order valence-corrected chi connectivity index (χ1v) is 14.2. The van der Waals surface area contributed by atoms with Gasteiger partial charge in [0.25, 0.3) is 5.91 Å². The van der Waals surface area contributed by atoms with Gasteiger partial charge in [0, 0.05) is 56.4 Å². The van der Waals surface area contributed by atoms with Crippen molar-refractivity contribution in [3.63, 3.8) is 0 Å². The number of likely N-dealkylation sites (N-methyl/N-ethyl adjacent to an activating group) is 1. The van der Waals surface area contributed by atoms with E-state index in [4.69, 9.17) is 32.7 Å². The summed E-state index contributed by atoms with van der Waals surface area (Å²) < 4.78 is 25.7. The van der Waals surface area contributed by atoms with Gasteiger partial charge in [-0.05, 0) is 62.2 Å². The van der Waals surface area contributed by atoms with Crippen LogP contribution in [-0.4, -0.2) is 71.8 Å². The molecule has 8 nitrogen and oxygen atoms in total. The second-order valence-corrected chi connectivity index (χ2v) is 11.1. The topological polar surface area (TPSA) is 79.4 Å². The highest BCUT2D eigenvalue weighted by atomic mass is 35.5. The van der Waals surface area contributed by atoms with Crippen LogP contribution in [0.2, 0.25) is 10.0 Å². The van der Waals surface area contributed by atoms with Crippen LogP contribution in [0.5, 0.6) is 17.2 Å². The molecule has 0 saturated carbocycles. The molecule has 1 aliphatic rings. The van der Waals surface area contributed by atoms with Gasteiger partial charge in [0.1, 0.15) is 23.1 Å². The Morgan fingerprint density at radius 1 is 0.929 bits per heavy atom. The smallest absolute Gasteiger partial charge is 0.312 e. The van der Waals surface area contributed by atoms with Gasteiger partial charge in [-0.1, -0.05) is 41.4 Å². The van der Waals surface area contributed by atoms with Gasteiger partial charge in [0.15, 0.2) is 6.10 Å². The average molecular weight is 617 g/mol. The van der Waals surface area contributed by atoms with Crippen LogP contribution in [0, 0.1) is 19.7 Å². The molecule has 11 heteroatoms. The second-order valence-electron chi connectivity index (χ2n) is 10.2. The lowest BCUT2D eigenvalue weighted by atomic mass is 10.1. The molecule has 0 bridgehead atoms. The number of amides is 3. The van der Waals surface area contributed by atoms with E-state index in [0.717, 1.165) is 17.2 Å². The van der Waals surface area contributed by atoms with E-state index < -0.39 is 23.7 Å². The Morgan fingerprint density at radius 3 is 2.31 bits per heavy atom. The highest BCUT2D eigenvalue weighted by molar-refractivity contribution is 6.34. The number of carbonyl (C=O) groups excluding carboxylic acids is 3. The summed E-state index contributed by atoms with van der Waals surface area (Å²) in [5.41, 5.74) is 2.54. The summed E-state index contributed by atoms with van der Waals surface area (Å²) in [4.78, 5) is 43.5. The molecule has 3 amide bonds. The van der Waals surface area contributed by atoms with Crippen molar-refractivity contribution in [2.45, 2.75) is 33.4 Å². The van der Waals surface area contributed by atoms with E-state index >= 15 is 0 Å². The Kier molecular flexibility index (Phi) is 9.96. The van der Waals surface area contributed by atoms with Crippen LogP contribution < -0.4 is 9.47 Å². The van der Waals surface area contributed by atoms with Crippen LogP contribution in [0.1, 0.15) is 23.6 Å². The third kappa shape index (κ3) is 7.52. The molecule has 4 rings (SSSR count). The minimum atomic E-state index is -0.708. The number of benzene rings is 3. The van der Waals surface area contributed by atoms with Crippen LogP contribution in [0.25, 0.3) is 0 Å². The highest BCUT2D eigenvalue weighted by Crippen LogP contribution is 2.31. The van der Waals surface area contributed by atoms with E-state index in [-0.39, 0.29) is 49.4 Å². The maximum atomic E-state index is 13.9. The SMILES string of the molecule is Cc1ccc(C)c(OC(C)C(=O)N2CCN(C(=O)C(=O)N(C)Cc3ccc(Cl)cc3Oc3ccc(Cl)c(F)c3)CC2)c1. The molecule has 3 aromatic rings. The van der Waals surface area contributed by atoms with E-state index in [1.165, 1.54) is 29.0 Å². The van der Waals surface area contributed by atoms with Gasteiger partial charge in [-0.2, -0.15) is 0 Å². The van der Waals surface area contributed by atoms with Crippen molar-refractivity contribution in [2.24, 2.45) is 0 Å². The lowest BCUT2D eigenvalue weighted by molar-refractivity contribution is -0.153. The summed E-state index contributed by atoms with van der Waals surface area (Å²) in [6.45, 7) is 6.64. The van der Waals surface area contributed by atoms with Crippen molar-refractivity contribution >= 4 is 40.9 Å². The predicted molar refractivity (Wildman–Crippen MR) is 159 cm³/mol. The average Bonchev–Trinajstić information content (AvgIpc) is 2.97. The summed E-state index contributed by atoms with van der Waals surface area (Å²) in [5.74, 6) is -1.02. The number of aryl methyl sites for hydroxylation is 2. The van der Waals surface area contributed by atoms with Gasteiger partial charge >= 0.3 is 11.8 Å². The van der Waals surface area contributed by atoms with E-state index in [1.54, 1.807) is 30.0 Å². The molecule has 1 heterocycles. The molecule has 1 aliphatic heterocycles. The number of nitrogens with zero attached hydrogens (tertiary/aromatic N) is 3. The standard InChI is InChI=1S/C31H32Cl2FN3O5/c1-19-5-6-20(2)27(15-19)41-21(3)29(38)36-11-13-37(14-12-36)31(40)30(39)35(4)18-22-7-8-23(32)16-28(22)42-24-9-10-25(33)26(34)17-24/h5-10,15-17,21H,11-14,18H2,1-4H3. The van der Waals surface area contributed by atoms with Gasteiger partial charge in [-0.15, -0.1) is 0 Å². The summed E-state index contributed by atoms with van der Waals surface area (Å²) in [5, 5.41) is 0.345. The monoisotopic (exact) mass is 615 g/mol. The van der Waals surface area contributed by atoms with Gasteiger partial charge in [-0.3, -0.25) is 14.4 Å². The summed E-state index contributed by atoms with van der Waals surface area (Å²) in [7, 11) is 1.51. The molecule has 0 N–H and O–H groups in total. The van der Waals surface area contributed by atoms with E-state index in [1.807, 2.05) is 32.0 Å². The summed E-state index contributed by atoms with van der Waals surface area (Å²) >= 11 is 11.9. The lowest BCUT2D eigenvalue weighted by Crippen LogP contribution is -2.55. The molecule has 3 aromatic carbocycles. The molecule has 0 aromatic heterocycles. The normalized spacial score (nSPS) is 13.9. The molecule has 1 saturated heterocycles. The Balaban J connectivity index is 1.33. The summed E-state index contributed by atoms with van der Waals surface area (Å²) in [6, 6.07) is 14.7. The number of hydrogen-bond acceptors (Lipinski definition) is 5. The van der Waals surface area contributed by atoms with Crippen molar-refractivity contribution in [2.75, 3.05) is 33.2 Å². The molecule has 1 atom stereocenters.